The van der Waals surface area contributed by atoms with Crippen LogP contribution in [0, 0.1) is 11.3 Å². The van der Waals surface area contributed by atoms with Crippen LogP contribution in [-0.2, 0) is 5.41 Å². The summed E-state index contributed by atoms with van der Waals surface area (Å²) in [5.74, 6) is 1.73. The van der Waals surface area contributed by atoms with Gasteiger partial charge in [0.05, 0.1) is 28.4 Å². The highest BCUT2D eigenvalue weighted by atomic mass is 15.1. The number of nitriles is 1. The summed E-state index contributed by atoms with van der Waals surface area (Å²) < 4.78 is 2.24. The number of fused-ring (bicyclic) bond motifs is 3. The monoisotopic (exact) mass is 555 g/mol. The van der Waals surface area contributed by atoms with Gasteiger partial charge in [0.2, 0.25) is 0 Å². The molecule has 0 saturated carbocycles. The van der Waals surface area contributed by atoms with Crippen LogP contribution in [0.1, 0.15) is 31.9 Å². The lowest BCUT2D eigenvalue weighted by Gasteiger charge is -2.19. The first kappa shape index (κ1) is 26.3. The third kappa shape index (κ3) is 4.73. The molecule has 7 rings (SSSR count). The summed E-state index contributed by atoms with van der Waals surface area (Å²) in [7, 11) is 0. The van der Waals surface area contributed by atoms with E-state index in [1.165, 1.54) is 10.9 Å². The largest absolute Gasteiger partial charge is 0.308 e. The molecule has 0 aliphatic rings. The minimum absolute atomic E-state index is 0.00976. The van der Waals surface area contributed by atoms with Gasteiger partial charge in [0.25, 0.3) is 0 Å². The average Bonchev–Trinajstić information content (AvgIpc) is 3.38. The van der Waals surface area contributed by atoms with Crippen molar-refractivity contribution in [2.45, 2.75) is 26.2 Å². The van der Waals surface area contributed by atoms with Crippen LogP contribution in [0.2, 0.25) is 0 Å². The van der Waals surface area contributed by atoms with Gasteiger partial charge in [0.1, 0.15) is 0 Å². The standard InChI is InChI=1S/C38H29N5/c1-38(2,3)28-19-21-33-31(23-28)29-16-10-11-17-32(29)43(33)34-22-25(24-39)18-20-30(34)37-41-35(26-12-6-4-7-13-26)40-36(42-37)27-14-8-5-9-15-27/h4-23H,1-3H3. The van der Waals surface area contributed by atoms with Crippen molar-refractivity contribution in [1.29, 1.82) is 5.26 Å². The molecule has 5 nitrogen and oxygen atoms in total. The van der Waals surface area contributed by atoms with Crippen LogP contribution in [-0.4, -0.2) is 19.5 Å². The molecular weight excluding hydrogens is 526 g/mol. The van der Waals surface area contributed by atoms with Gasteiger partial charge in [-0.05, 0) is 47.4 Å². The van der Waals surface area contributed by atoms with Gasteiger partial charge in [-0.25, -0.2) is 15.0 Å². The topological polar surface area (TPSA) is 67.4 Å². The molecule has 0 bridgehead atoms. The Kier molecular flexibility index (Phi) is 6.33. The van der Waals surface area contributed by atoms with Gasteiger partial charge in [-0.2, -0.15) is 5.26 Å². The Bertz CT molecular complexity index is 2110. The number of aromatic nitrogens is 4. The van der Waals surface area contributed by atoms with Crippen molar-refractivity contribution in [3.8, 4) is 45.9 Å². The second kappa shape index (κ2) is 10.3. The Labute approximate surface area is 250 Å². The van der Waals surface area contributed by atoms with E-state index in [-0.39, 0.29) is 5.41 Å². The Hall–Kier alpha value is -5.60. The molecule has 2 aromatic heterocycles. The fourth-order valence-electron chi connectivity index (χ4n) is 5.60. The number of benzene rings is 5. The van der Waals surface area contributed by atoms with Gasteiger partial charge >= 0.3 is 0 Å². The lowest BCUT2D eigenvalue weighted by Crippen LogP contribution is -2.10. The normalized spacial score (nSPS) is 11.6. The molecule has 0 amide bonds. The number of nitrogens with zero attached hydrogens (tertiary/aromatic N) is 5. The molecule has 0 saturated heterocycles. The van der Waals surface area contributed by atoms with Crippen molar-refractivity contribution in [2.75, 3.05) is 0 Å². The Balaban J connectivity index is 1.54. The van der Waals surface area contributed by atoms with Crippen LogP contribution in [0.4, 0.5) is 0 Å². The van der Waals surface area contributed by atoms with Crippen molar-refractivity contribution in [2.24, 2.45) is 0 Å². The fraction of sp³-hybridized carbons (Fsp3) is 0.105. The predicted molar refractivity (Wildman–Crippen MR) is 174 cm³/mol. The van der Waals surface area contributed by atoms with E-state index in [0.717, 1.165) is 38.8 Å². The van der Waals surface area contributed by atoms with Crippen molar-refractivity contribution in [1.82, 2.24) is 19.5 Å². The zero-order chi connectivity index (χ0) is 29.6. The molecule has 5 aromatic carbocycles. The Morgan fingerprint density at radius 3 is 1.79 bits per heavy atom. The summed E-state index contributed by atoms with van der Waals surface area (Å²) in [5, 5.41) is 12.3. The van der Waals surface area contributed by atoms with E-state index in [2.05, 4.69) is 73.9 Å². The van der Waals surface area contributed by atoms with Crippen molar-refractivity contribution >= 4 is 21.8 Å². The molecule has 0 N–H and O–H groups in total. The summed E-state index contributed by atoms with van der Waals surface area (Å²) in [5.41, 5.74) is 7.44. The van der Waals surface area contributed by atoms with Crippen molar-refractivity contribution in [3.63, 3.8) is 0 Å². The molecule has 0 aliphatic heterocycles. The average molecular weight is 556 g/mol. The predicted octanol–water partition coefficient (Wildman–Crippen LogP) is 9.14. The second-order valence-electron chi connectivity index (χ2n) is 11.7. The first-order chi connectivity index (χ1) is 20.9. The molecule has 2 heterocycles. The summed E-state index contributed by atoms with van der Waals surface area (Å²) in [6, 6.07) is 43.1. The molecule has 43 heavy (non-hydrogen) atoms. The van der Waals surface area contributed by atoms with Crippen molar-refractivity contribution < 1.29 is 0 Å². The highest BCUT2D eigenvalue weighted by Gasteiger charge is 2.21. The van der Waals surface area contributed by atoms with Crippen LogP contribution in [0.15, 0.2) is 121 Å². The van der Waals surface area contributed by atoms with Gasteiger partial charge in [-0.3, -0.25) is 0 Å². The van der Waals surface area contributed by atoms with Crippen LogP contribution >= 0.6 is 0 Å². The summed E-state index contributed by atoms with van der Waals surface area (Å²) in [4.78, 5) is 14.9. The van der Waals surface area contributed by atoms with E-state index in [1.54, 1.807) is 0 Å². The molecule has 0 unspecified atom stereocenters. The van der Waals surface area contributed by atoms with E-state index in [0.29, 0.717) is 23.0 Å². The zero-order valence-corrected chi connectivity index (χ0v) is 24.3. The number of hydrogen-bond donors (Lipinski definition) is 0. The van der Waals surface area contributed by atoms with Gasteiger partial charge in [-0.1, -0.05) is 106 Å². The van der Waals surface area contributed by atoms with E-state index >= 15 is 0 Å². The molecular formula is C38H29N5. The van der Waals surface area contributed by atoms with Crippen molar-refractivity contribution in [3.05, 3.63) is 132 Å². The van der Waals surface area contributed by atoms with E-state index < -0.39 is 0 Å². The molecule has 0 fully saturated rings. The van der Waals surface area contributed by atoms with Crippen LogP contribution in [0.5, 0.6) is 0 Å². The molecule has 7 aromatic rings. The lowest BCUT2D eigenvalue weighted by molar-refractivity contribution is 0.591. The first-order valence-electron chi connectivity index (χ1n) is 14.4. The molecule has 206 valence electrons. The zero-order valence-electron chi connectivity index (χ0n) is 24.3. The molecule has 0 aliphatic carbocycles. The maximum atomic E-state index is 9.96. The third-order valence-corrected chi connectivity index (χ3v) is 7.85. The van der Waals surface area contributed by atoms with E-state index in [9.17, 15) is 5.26 Å². The summed E-state index contributed by atoms with van der Waals surface area (Å²) >= 11 is 0. The first-order valence-corrected chi connectivity index (χ1v) is 14.4. The maximum absolute atomic E-state index is 9.96. The Morgan fingerprint density at radius 1 is 0.581 bits per heavy atom. The smallest absolute Gasteiger partial charge is 0.166 e. The van der Waals surface area contributed by atoms with E-state index in [1.807, 2.05) is 78.9 Å². The third-order valence-electron chi connectivity index (χ3n) is 7.85. The SMILES string of the molecule is CC(C)(C)c1ccc2c(c1)c1ccccc1n2-c1cc(C#N)ccc1-c1nc(-c2ccccc2)nc(-c2ccccc2)n1. The highest BCUT2D eigenvalue weighted by Crippen LogP contribution is 2.38. The number of hydrogen-bond acceptors (Lipinski definition) is 4. The minimum atomic E-state index is 0.00976. The lowest BCUT2D eigenvalue weighted by atomic mass is 9.86. The van der Waals surface area contributed by atoms with Crippen LogP contribution in [0.25, 0.3) is 61.7 Å². The molecule has 0 atom stereocenters. The molecule has 5 heteroatoms. The summed E-state index contributed by atoms with van der Waals surface area (Å²) in [6.07, 6.45) is 0. The second-order valence-corrected chi connectivity index (χ2v) is 11.7. The van der Waals surface area contributed by atoms with Crippen LogP contribution < -0.4 is 0 Å². The van der Waals surface area contributed by atoms with E-state index in [4.69, 9.17) is 15.0 Å². The van der Waals surface area contributed by atoms with Gasteiger partial charge in [-0.15, -0.1) is 0 Å². The fourth-order valence-corrected chi connectivity index (χ4v) is 5.60. The van der Waals surface area contributed by atoms with Crippen LogP contribution in [0.3, 0.4) is 0 Å². The number of para-hydroxylation sites is 1. The van der Waals surface area contributed by atoms with Gasteiger partial charge in [0, 0.05) is 27.5 Å². The van der Waals surface area contributed by atoms with Gasteiger partial charge in [0.15, 0.2) is 17.5 Å². The summed E-state index contributed by atoms with van der Waals surface area (Å²) in [6.45, 7) is 6.70. The Morgan fingerprint density at radius 2 is 1.16 bits per heavy atom. The molecule has 0 spiro atoms. The highest BCUT2D eigenvalue weighted by molar-refractivity contribution is 6.10. The minimum Gasteiger partial charge on any atom is -0.308 e. The molecule has 0 radical (unpaired) electrons. The quantitative estimate of drug-likeness (QED) is 0.217. The maximum Gasteiger partial charge on any atom is 0.166 e. The number of rotatable bonds is 4. The van der Waals surface area contributed by atoms with Gasteiger partial charge < -0.3 is 4.57 Å².